The van der Waals surface area contributed by atoms with Crippen molar-refractivity contribution in [3.63, 3.8) is 0 Å². The van der Waals surface area contributed by atoms with Gasteiger partial charge in [-0.3, -0.25) is 4.79 Å². The molecule has 0 aliphatic rings. The lowest BCUT2D eigenvalue weighted by Gasteiger charge is -2.01. The zero-order valence-corrected chi connectivity index (χ0v) is 12.1. The van der Waals surface area contributed by atoms with Crippen molar-refractivity contribution in [2.75, 3.05) is 12.3 Å². The van der Waals surface area contributed by atoms with Gasteiger partial charge < -0.3 is 9.73 Å². The van der Waals surface area contributed by atoms with Crippen LogP contribution >= 0.6 is 12.6 Å². The van der Waals surface area contributed by atoms with Crippen molar-refractivity contribution in [2.24, 2.45) is 0 Å². The standard InChI is InChI=1S/C15H18N2O2S/c18-14(16-9-10-20)7-4-8-15-17-11-13(19-15)12-5-2-1-3-6-12/h1-3,5-6,11,20H,4,7-10H2,(H,16,18). The summed E-state index contributed by atoms with van der Waals surface area (Å²) in [5, 5.41) is 2.78. The first-order valence-electron chi connectivity index (χ1n) is 6.67. The van der Waals surface area contributed by atoms with Gasteiger partial charge in [-0.25, -0.2) is 4.98 Å². The number of aryl methyl sites for hydroxylation is 1. The van der Waals surface area contributed by atoms with Crippen LogP contribution in [-0.2, 0) is 11.2 Å². The summed E-state index contributed by atoms with van der Waals surface area (Å²) in [5.41, 5.74) is 1.01. The fraction of sp³-hybridized carbons (Fsp3) is 0.333. The van der Waals surface area contributed by atoms with Gasteiger partial charge in [0.15, 0.2) is 11.7 Å². The zero-order chi connectivity index (χ0) is 14.2. The molecule has 0 aliphatic heterocycles. The fourth-order valence-corrected chi connectivity index (χ4v) is 1.96. The number of rotatable bonds is 7. The van der Waals surface area contributed by atoms with Crippen LogP contribution in [0, 0.1) is 0 Å². The van der Waals surface area contributed by atoms with Gasteiger partial charge in [0.05, 0.1) is 6.20 Å². The molecule has 20 heavy (non-hydrogen) atoms. The van der Waals surface area contributed by atoms with Crippen LogP contribution in [0.2, 0.25) is 0 Å². The van der Waals surface area contributed by atoms with Crippen molar-refractivity contribution in [1.29, 1.82) is 0 Å². The molecule has 0 fully saturated rings. The first kappa shape index (κ1) is 14.7. The third-order valence-corrected chi connectivity index (χ3v) is 3.06. The number of oxazole rings is 1. The molecule has 2 aromatic rings. The number of carbonyl (C=O) groups excluding carboxylic acids is 1. The summed E-state index contributed by atoms with van der Waals surface area (Å²) in [7, 11) is 0. The number of benzene rings is 1. The Hall–Kier alpha value is -1.75. The molecular weight excluding hydrogens is 272 g/mol. The molecule has 5 heteroatoms. The molecule has 0 spiro atoms. The van der Waals surface area contributed by atoms with Crippen LogP contribution in [0.15, 0.2) is 40.9 Å². The predicted molar refractivity (Wildman–Crippen MR) is 81.7 cm³/mol. The summed E-state index contributed by atoms with van der Waals surface area (Å²) in [5.74, 6) is 2.14. The average Bonchev–Trinajstić information content (AvgIpc) is 2.95. The molecule has 1 heterocycles. The van der Waals surface area contributed by atoms with Crippen LogP contribution in [0.1, 0.15) is 18.7 Å². The van der Waals surface area contributed by atoms with Crippen LogP contribution in [0.4, 0.5) is 0 Å². The number of nitrogens with zero attached hydrogens (tertiary/aromatic N) is 1. The molecule has 1 aromatic heterocycles. The highest BCUT2D eigenvalue weighted by Gasteiger charge is 2.07. The maximum atomic E-state index is 11.4. The largest absolute Gasteiger partial charge is 0.441 e. The number of amides is 1. The Labute approximate surface area is 124 Å². The number of thiol groups is 1. The van der Waals surface area contributed by atoms with Gasteiger partial charge >= 0.3 is 0 Å². The maximum absolute atomic E-state index is 11.4. The second kappa shape index (κ2) is 7.75. The van der Waals surface area contributed by atoms with Gasteiger partial charge in [-0.05, 0) is 6.42 Å². The monoisotopic (exact) mass is 290 g/mol. The van der Waals surface area contributed by atoms with E-state index >= 15 is 0 Å². The van der Waals surface area contributed by atoms with Gasteiger partial charge in [-0.15, -0.1) is 0 Å². The Morgan fingerprint density at radius 2 is 2.10 bits per heavy atom. The second-order valence-electron chi connectivity index (χ2n) is 4.41. The molecule has 1 N–H and O–H groups in total. The lowest BCUT2D eigenvalue weighted by Crippen LogP contribution is -2.24. The summed E-state index contributed by atoms with van der Waals surface area (Å²) in [6.07, 6.45) is 3.61. The minimum Gasteiger partial charge on any atom is -0.441 e. The molecule has 0 saturated carbocycles. The van der Waals surface area contributed by atoms with E-state index in [2.05, 4.69) is 22.9 Å². The Bertz CT molecular complexity index is 540. The van der Waals surface area contributed by atoms with Crippen molar-refractivity contribution in [2.45, 2.75) is 19.3 Å². The van der Waals surface area contributed by atoms with Crippen LogP contribution in [0.3, 0.4) is 0 Å². The number of nitrogens with one attached hydrogen (secondary N) is 1. The predicted octanol–water partition coefficient (Wildman–Crippen LogP) is 2.71. The van der Waals surface area contributed by atoms with Crippen molar-refractivity contribution in [1.82, 2.24) is 10.3 Å². The molecule has 1 aromatic carbocycles. The van der Waals surface area contributed by atoms with Crippen molar-refractivity contribution < 1.29 is 9.21 Å². The van der Waals surface area contributed by atoms with Gasteiger partial charge in [0.25, 0.3) is 0 Å². The smallest absolute Gasteiger partial charge is 0.220 e. The minimum absolute atomic E-state index is 0.0499. The van der Waals surface area contributed by atoms with Gasteiger partial charge in [0, 0.05) is 30.7 Å². The molecule has 0 aliphatic carbocycles. The first-order valence-corrected chi connectivity index (χ1v) is 7.30. The SMILES string of the molecule is O=C(CCCc1ncc(-c2ccccc2)o1)NCCS. The van der Waals surface area contributed by atoms with E-state index in [4.69, 9.17) is 4.42 Å². The van der Waals surface area contributed by atoms with Crippen LogP contribution in [-0.4, -0.2) is 23.2 Å². The van der Waals surface area contributed by atoms with E-state index in [0.29, 0.717) is 31.0 Å². The van der Waals surface area contributed by atoms with Crippen molar-refractivity contribution in [3.8, 4) is 11.3 Å². The quantitative estimate of drug-likeness (QED) is 0.771. The number of carbonyl (C=O) groups is 1. The summed E-state index contributed by atoms with van der Waals surface area (Å²) in [4.78, 5) is 15.7. The molecule has 0 radical (unpaired) electrons. The fourth-order valence-electron chi connectivity index (χ4n) is 1.85. The number of hydrogen-bond donors (Lipinski definition) is 2. The highest BCUT2D eigenvalue weighted by molar-refractivity contribution is 7.80. The maximum Gasteiger partial charge on any atom is 0.220 e. The van der Waals surface area contributed by atoms with E-state index < -0.39 is 0 Å². The molecule has 106 valence electrons. The summed E-state index contributed by atoms with van der Waals surface area (Å²) in [6.45, 7) is 0.610. The second-order valence-corrected chi connectivity index (χ2v) is 4.86. The highest BCUT2D eigenvalue weighted by atomic mass is 32.1. The zero-order valence-electron chi connectivity index (χ0n) is 11.2. The topological polar surface area (TPSA) is 55.1 Å². The van der Waals surface area contributed by atoms with E-state index in [-0.39, 0.29) is 5.91 Å². The average molecular weight is 290 g/mol. The van der Waals surface area contributed by atoms with E-state index in [0.717, 1.165) is 17.7 Å². The van der Waals surface area contributed by atoms with Crippen molar-refractivity contribution in [3.05, 3.63) is 42.4 Å². The molecular formula is C15H18N2O2S. The number of aromatic nitrogens is 1. The van der Waals surface area contributed by atoms with Gasteiger partial charge in [-0.2, -0.15) is 12.6 Å². The summed E-state index contributed by atoms with van der Waals surface area (Å²) < 4.78 is 5.68. The van der Waals surface area contributed by atoms with Gasteiger partial charge in [-0.1, -0.05) is 30.3 Å². The van der Waals surface area contributed by atoms with Crippen LogP contribution in [0.5, 0.6) is 0 Å². The first-order chi connectivity index (χ1) is 9.79. The van der Waals surface area contributed by atoms with E-state index in [1.165, 1.54) is 0 Å². The normalized spacial score (nSPS) is 10.4. The van der Waals surface area contributed by atoms with E-state index in [9.17, 15) is 4.79 Å². The minimum atomic E-state index is 0.0499. The lowest BCUT2D eigenvalue weighted by molar-refractivity contribution is -0.121. The molecule has 1 amide bonds. The Balaban J connectivity index is 1.80. The molecule has 0 bridgehead atoms. The van der Waals surface area contributed by atoms with Crippen LogP contribution in [0.25, 0.3) is 11.3 Å². The molecule has 0 unspecified atom stereocenters. The molecule has 4 nitrogen and oxygen atoms in total. The Morgan fingerprint density at radius 1 is 1.30 bits per heavy atom. The third-order valence-electron chi connectivity index (χ3n) is 2.84. The summed E-state index contributed by atoms with van der Waals surface area (Å²) >= 11 is 4.04. The summed E-state index contributed by atoms with van der Waals surface area (Å²) in [6, 6.07) is 9.85. The Kier molecular flexibility index (Phi) is 5.68. The highest BCUT2D eigenvalue weighted by Crippen LogP contribution is 2.20. The number of hydrogen-bond acceptors (Lipinski definition) is 4. The molecule has 2 rings (SSSR count). The molecule has 0 atom stereocenters. The molecule has 0 saturated heterocycles. The van der Waals surface area contributed by atoms with E-state index in [1.807, 2.05) is 30.3 Å². The lowest BCUT2D eigenvalue weighted by atomic mass is 10.2. The Morgan fingerprint density at radius 3 is 2.85 bits per heavy atom. The van der Waals surface area contributed by atoms with Gasteiger partial charge in [0.2, 0.25) is 5.91 Å². The van der Waals surface area contributed by atoms with E-state index in [1.54, 1.807) is 6.20 Å². The van der Waals surface area contributed by atoms with Crippen LogP contribution < -0.4 is 5.32 Å². The third kappa shape index (κ3) is 4.42. The van der Waals surface area contributed by atoms with Crippen molar-refractivity contribution >= 4 is 18.5 Å². The van der Waals surface area contributed by atoms with Gasteiger partial charge in [0.1, 0.15) is 0 Å².